The lowest BCUT2D eigenvalue weighted by atomic mass is 10.0. The lowest BCUT2D eigenvalue weighted by molar-refractivity contribution is 0.0746. The molecule has 0 N–H and O–H groups in total. The molecule has 4 rings (SSSR count). The molecule has 2 aromatic heterocycles. The lowest BCUT2D eigenvalue weighted by Gasteiger charge is -2.35. The van der Waals surface area contributed by atoms with Crippen molar-refractivity contribution in [3.05, 3.63) is 64.7 Å². The third-order valence-electron chi connectivity index (χ3n) is 5.37. The van der Waals surface area contributed by atoms with Crippen LogP contribution in [0.3, 0.4) is 0 Å². The van der Waals surface area contributed by atoms with Crippen LogP contribution in [0.2, 0.25) is 0 Å². The minimum atomic E-state index is 0.105. The molecule has 1 saturated heterocycles. The van der Waals surface area contributed by atoms with E-state index >= 15 is 0 Å². The Morgan fingerprint density at radius 2 is 1.62 bits per heavy atom. The minimum absolute atomic E-state index is 0.105. The fraction of sp³-hybridized carbons (Fsp3) is 0.364. The fourth-order valence-corrected chi connectivity index (χ4v) is 3.85. The first-order valence-corrected chi connectivity index (χ1v) is 9.89. The molecule has 29 heavy (non-hydrogen) atoms. The van der Waals surface area contributed by atoms with Gasteiger partial charge in [-0.2, -0.15) is 5.10 Å². The lowest BCUT2D eigenvalue weighted by Crippen LogP contribution is -2.49. The monoisotopic (exact) mass is 390 g/mol. The maximum atomic E-state index is 12.9. The maximum Gasteiger partial charge on any atom is 0.254 e. The van der Waals surface area contributed by atoms with Crippen LogP contribution < -0.4 is 4.90 Å². The molecular weight excluding hydrogens is 364 g/mol. The molecule has 1 fully saturated rings. The molecule has 0 atom stereocenters. The number of hydrogen-bond donors (Lipinski definition) is 0. The zero-order chi connectivity index (χ0) is 20.5. The number of rotatable bonds is 3. The number of anilines is 1. The van der Waals surface area contributed by atoms with Crippen molar-refractivity contribution in [2.75, 3.05) is 31.1 Å². The van der Waals surface area contributed by atoms with Gasteiger partial charge in [0.15, 0.2) is 5.82 Å². The van der Waals surface area contributed by atoms with E-state index in [1.165, 1.54) is 5.56 Å². The van der Waals surface area contributed by atoms with Crippen molar-refractivity contribution in [2.24, 2.45) is 0 Å². The van der Waals surface area contributed by atoms with Crippen LogP contribution >= 0.6 is 0 Å². The predicted molar refractivity (Wildman–Crippen MR) is 113 cm³/mol. The van der Waals surface area contributed by atoms with Crippen molar-refractivity contribution in [1.29, 1.82) is 0 Å². The number of carbonyl (C=O) groups excluding carboxylic acids is 1. The number of piperazine rings is 1. The second-order valence-electron chi connectivity index (χ2n) is 7.67. The van der Waals surface area contributed by atoms with Crippen LogP contribution in [0.4, 0.5) is 5.82 Å². The van der Waals surface area contributed by atoms with Crippen molar-refractivity contribution in [1.82, 2.24) is 24.6 Å². The van der Waals surface area contributed by atoms with E-state index < -0.39 is 0 Å². The van der Waals surface area contributed by atoms with Gasteiger partial charge in [0.25, 0.3) is 5.91 Å². The molecule has 1 aromatic carbocycles. The first-order valence-electron chi connectivity index (χ1n) is 9.89. The number of aryl methyl sites for hydroxylation is 4. The Kier molecular flexibility index (Phi) is 5.05. The quantitative estimate of drug-likeness (QED) is 0.688. The van der Waals surface area contributed by atoms with E-state index in [0.717, 1.165) is 47.2 Å². The molecule has 1 aliphatic heterocycles. The first kappa shape index (κ1) is 19.1. The van der Waals surface area contributed by atoms with E-state index in [-0.39, 0.29) is 5.91 Å². The third kappa shape index (κ3) is 3.85. The third-order valence-corrected chi connectivity index (χ3v) is 5.37. The number of hydrogen-bond acceptors (Lipinski definition) is 5. The van der Waals surface area contributed by atoms with Crippen LogP contribution in [0.1, 0.15) is 32.9 Å². The van der Waals surface area contributed by atoms with Crippen LogP contribution in [0, 0.1) is 27.7 Å². The molecule has 150 valence electrons. The first-order chi connectivity index (χ1) is 13.9. The summed E-state index contributed by atoms with van der Waals surface area (Å²) in [5.74, 6) is 1.73. The van der Waals surface area contributed by atoms with E-state index in [2.05, 4.69) is 26.0 Å². The molecule has 0 bridgehead atoms. The summed E-state index contributed by atoms with van der Waals surface area (Å²) < 4.78 is 1.83. The molecule has 0 saturated carbocycles. The second kappa shape index (κ2) is 7.66. The topological polar surface area (TPSA) is 67.2 Å². The normalized spacial score (nSPS) is 14.3. The molecule has 0 unspecified atom stereocenters. The van der Waals surface area contributed by atoms with Gasteiger partial charge in [0.05, 0.1) is 5.69 Å². The van der Waals surface area contributed by atoms with Gasteiger partial charge < -0.3 is 9.80 Å². The van der Waals surface area contributed by atoms with Gasteiger partial charge in [0.1, 0.15) is 12.1 Å². The highest BCUT2D eigenvalue weighted by atomic mass is 16.2. The number of amides is 1. The zero-order valence-electron chi connectivity index (χ0n) is 17.4. The average Bonchev–Trinajstić information content (AvgIpc) is 3.06. The van der Waals surface area contributed by atoms with E-state index in [9.17, 15) is 4.79 Å². The summed E-state index contributed by atoms with van der Waals surface area (Å²) in [4.78, 5) is 25.9. The highest BCUT2D eigenvalue weighted by molar-refractivity contribution is 5.95. The molecule has 1 aliphatic rings. The van der Waals surface area contributed by atoms with Crippen LogP contribution in [0.15, 0.2) is 36.7 Å². The van der Waals surface area contributed by atoms with Crippen LogP contribution in [0.5, 0.6) is 0 Å². The van der Waals surface area contributed by atoms with Crippen molar-refractivity contribution in [3.8, 4) is 5.82 Å². The Hall–Kier alpha value is -3.22. The standard InChI is InChI=1S/C22H26N6O/c1-15-5-6-19(16(2)11-15)22(29)27-9-7-26(8-10-27)20-13-21(24-14-23-20)28-18(4)12-17(3)25-28/h5-6,11-14H,7-10H2,1-4H3. The SMILES string of the molecule is Cc1ccc(C(=O)N2CCN(c3cc(-n4nc(C)cc4C)ncn3)CC2)c(C)c1. The Balaban J connectivity index is 1.47. The molecule has 0 spiro atoms. The molecular formula is C22H26N6O. The van der Waals surface area contributed by atoms with Crippen LogP contribution in [-0.2, 0) is 0 Å². The Labute approximate surface area is 171 Å². The summed E-state index contributed by atoms with van der Waals surface area (Å²) in [5.41, 5.74) is 4.99. The van der Waals surface area contributed by atoms with E-state index in [4.69, 9.17) is 0 Å². The number of benzene rings is 1. The molecule has 1 amide bonds. The Bertz CT molecular complexity index is 1050. The molecule has 3 heterocycles. The van der Waals surface area contributed by atoms with E-state index in [1.807, 2.05) is 61.5 Å². The van der Waals surface area contributed by atoms with Crippen molar-refractivity contribution >= 4 is 11.7 Å². The molecule has 0 radical (unpaired) electrons. The number of carbonyl (C=O) groups is 1. The number of aromatic nitrogens is 4. The smallest absolute Gasteiger partial charge is 0.254 e. The van der Waals surface area contributed by atoms with Crippen molar-refractivity contribution < 1.29 is 4.79 Å². The van der Waals surface area contributed by atoms with E-state index in [0.29, 0.717) is 13.1 Å². The summed E-state index contributed by atoms with van der Waals surface area (Å²) >= 11 is 0. The molecule has 3 aromatic rings. The summed E-state index contributed by atoms with van der Waals surface area (Å²) in [6.45, 7) is 10.8. The minimum Gasteiger partial charge on any atom is -0.353 e. The molecule has 7 heteroatoms. The Morgan fingerprint density at radius 3 is 2.28 bits per heavy atom. The van der Waals surface area contributed by atoms with Crippen LogP contribution in [-0.4, -0.2) is 56.7 Å². The summed E-state index contributed by atoms with van der Waals surface area (Å²) in [6.07, 6.45) is 1.58. The maximum absolute atomic E-state index is 12.9. The van der Waals surface area contributed by atoms with Gasteiger partial charge in [-0.3, -0.25) is 4.79 Å². The van der Waals surface area contributed by atoms with Gasteiger partial charge in [-0.15, -0.1) is 0 Å². The van der Waals surface area contributed by atoms with Crippen molar-refractivity contribution in [2.45, 2.75) is 27.7 Å². The van der Waals surface area contributed by atoms with E-state index in [1.54, 1.807) is 6.33 Å². The summed E-state index contributed by atoms with van der Waals surface area (Å²) in [5, 5.41) is 4.50. The predicted octanol–water partition coefficient (Wildman–Crippen LogP) is 2.86. The van der Waals surface area contributed by atoms with Gasteiger partial charge >= 0.3 is 0 Å². The second-order valence-corrected chi connectivity index (χ2v) is 7.67. The average molecular weight is 390 g/mol. The largest absolute Gasteiger partial charge is 0.353 e. The highest BCUT2D eigenvalue weighted by Gasteiger charge is 2.24. The Morgan fingerprint density at radius 1 is 0.897 bits per heavy atom. The van der Waals surface area contributed by atoms with Gasteiger partial charge in [-0.05, 0) is 45.4 Å². The van der Waals surface area contributed by atoms with Crippen LogP contribution in [0.25, 0.3) is 5.82 Å². The molecule has 7 nitrogen and oxygen atoms in total. The van der Waals surface area contributed by atoms with Crippen molar-refractivity contribution in [3.63, 3.8) is 0 Å². The summed E-state index contributed by atoms with van der Waals surface area (Å²) in [6, 6.07) is 9.98. The van der Waals surface area contributed by atoms with Gasteiger partial charge in [0, 0.05) is 43.5 Å². The zero-order valence-corrected chi connectivity index (χ0v) is 17.4. The molecule has 0 aliphatic carbocycles. The summed E-state index contributed by atoms with van der Waals surface area (Å²) in [7, 11) is 0. The van der Waals surface area contributed by atoms with Gasteiger partial charge in [-0.25, -0.2) is 14.6 Å². The highest BCUT2D eigenvalue weighted by Crippen LogP contribution is 2.19. The number of nitrogens with zero attached hydrogens (tertiary/aromatic N) is 6. The van der Waals surface area contributed by atoms with Gasteiger partial charge in [0.2, 0.25) is 0 Å². The van der Waals surface area contributed by atoms with Gasteiger partial charge in [-0.1, -0.05) is 17.7 Å². The fourth-order valence-electron chi connectivity index (χ4n) is 3.85.